The molecular weight excluding hydrogens is 262 g/mol. The summed E-state index contributed by atoms with van der Waals surface area (Å²) in [6.07, 6.45) is -1.63. The van der Waals surface area contributed by atoms with Crippen LogP contribution >= 0.6 is 0 Å². The van der Waals surface area contributed by atoms with Gasteiger partial charge in [0, 0.05) is 6.42 Å². The van der Waals surface area contributed by atoms with Crippen LogP contribution in [0.4, 0.5) is 5.69 Å². The number of amides is 2. The summed E-state index contributed by atoms with van der Waals surface area (Å²) in [6, 6.07) is 8.67. The van der Waals surface area contributed by atoms with Crippen molar-refractivity contribution in [3.63, 3.8) is 0 Å². The van der Waals surface area contributed by atoms with E-state index in [4.69, 9.17) is 4.74 Å². The molecule has 0 aliphatic carbocycles. The minimum absolute atomic E-state index is 0.0273. The fourth-order valence-corrected chi connectivity index (χ4v) is 3.60. The van der Waals surface area contributed by atoms with Crippen LogP contribution < -0.4 is 4.90 Å². The summed E-state index contributed by atoms with van der Waals surface area (Å²) in [5, 5.41) is 19.7. The molecular formula is C14H13NO5. The van der Waals surface area contributed by atoms with Crippen LogP contribution in [-0.2, 0) is 14.3 Å². The Morgan fingerprint density at radius 2 is 1.75 bits per heavy atom. The van der Waals surface area contributed by atoms with E-state index < -0.39 is 35.7 Å². The Morgan fingerprint density at radius 1 is 1.10 bits per heavy atom. The van der Waals surface area contributed by atoms with Gasteiger partial charge in [0.15, 0.2) is 5.79 Å². The Labute approximate surface area is 114 Å². The molecule has 104 valence electrons. The molecule has 2 bridgehead atoms. The Kier molecular flexibility index (Phi) is 2.20. The van der Waals surface area contributed by atoms with Gasteiger partial charge in [0.25, 0.3) is 0 Å². The number of para-hydroxylation sites is 1. The van der Waals surface area contributed by atoms with Crippen molar-refractivity contribution in [2.75, 3.05) is 4.90 Å². The monoisotopic (exact) mass is 275 g/mol. The maximum atomic E-state index is 12.5. The Morgan fingerprint density at radius 3 is 2.45 bits per heavy atom. The molecule has 20 heavy (non-hydrogen) atoms. The van der Waals surface area contributed by atoms with Crippen molar-refractivity contribution in [1.29, 1.82) is 0 Å². The van der Waals surface area contributed by atoms with Gasteiger partial charge in [0.05, 0.1) is 23.6 Å². The van der Waals surface area contributed by atoms with Crippen molar-refractivity contribution < 1.29 is 24.5 Å². The number of carbonyl (C=O) groups is 2. The third-order valence-electron chi connectivity index (χ3n) is 4.42. The molecule has 4 atom stereocenters. The normalized spacial score (nSPS) is 37.6. The molecule has 0 aromatic heterocycles. The van der Waals surface area contributed by atoms with Crippen molar-refractivity contribution >= 4 is 17.5 Å². The average Bonchev–Trinajstić information content (AvgIpc) is 3.00. The molecule has 2 amide bonds. The number of benzene rings is 1. The predicted molar refractivity (Wildman–Crippen MR) is 66.4 cm³/mol. The highest BCUT2D eigenvalue weighted by atomic mass is 16.6. The standard InChI is InChI=1S/C14H13NO5/c16-12-9-8-6-14(18,19)11(20-8)10(9)13(17)15(12)7-4-2-1-3-5-7/h1-5,8-11,18-19H,6H2. The van der Waals surface area contributed by atoms with Crippen LogP contribution in [0.1, 0.15) is 6.42 Å². The van der Waals surface area contributed by atoms with Crippen LogP contribution in [0, 0.1) is 11.8 Å². The first-order valence-corrected chi connectivity index (χ1v) is 6.54. The molecule has 3 heterocycles. The van der Waals surface area contributed by atoms with Gasteiger partial charge in [0.2, 0.25) is 11.8 Å². The SMILES string of the molecule is O=C1C2C3CC(O)(O)C(O3)C2C(=O)N1c1ccccc1. The first kappa shape index (κ1) is 12.0. The predicted octanol–water partition coefficient (Wildman–Crippen LogP) is -0.356. The number of ether oxygens (including phenoxy) is 1. The molecule has 3 saturated heterocycles. The van der Waals surface area contributed by atoms with Crippen LogP contribution in [0.5, 0.6) is 0 Å². The number of fused-ring (bicyclic) bond motifs is 5. The Bertz CT molecular complexity index is 599. The van der Waals surface area contributed by atoms with Gasteiger partial charge in [-0.05, 0) is 12.1 Å². The van der Waals surface area contributed by atoms with E-state index in [1.165, 1.54) is 0 Å². The van der Waals surface area contributed by atoms with Crippen molar-refractivity contribution in [1.82, 2.24) is 0 Å². The van der Waals surface area contributed by atoms with Crippen LogP contribution in [0.2, 0.25) is 0 Å². The number of aliphatic hydroxyl groups is 2. The van der Waals surface area contributed by atoms with Crippen LogP contribution in [-0.4, -0.2) is 40.0 Å². The summed E-state index contributed by atoms with van der Waals surface area (Å²) in [6.45, 7) is 0. The molecule has 3 fully saturated rings. The van der Waals surface area contributed by atoms with E-state index in [9.17, 15) is 19.8 Å². The first-order chi connectivity index (χ1) is 9.50. The molecule has 0 spiro atoms. The summed E-state index contributed by atoms with van der Waals surface area (Å²) >= 11 is 0. The van der Waals surface area contributed by atoms with E-state index >= 15 is 0 Å². The highest BCUT2D eigenvalue weighted by molar-refractivity contribution is 6.22. The molecule has 0 radical (unpaired) electrons. The molecule has 1 aromatic carbocycles. The van der Waals surface area contributed by atoms with E-state index in [1.54, 1.807) is 30.3 Å². The molecule has 2 N–H and O–H groups in total. The van der Waals surface area contributed by atoms with Gasteiger partial charge in [-0.15, -0.1) is 0 Å². The van der Waals surface area contributed by atoms with Crippen molar-refractivity contribution in [3.05, 3.63) is 30.3 Å². The van der Waals surface area contributed by atoms with Gasteiger partial charge in [0.1, 0.15) is 6.10 Å². The second-order valence-electron chi connectivity index (χ2n) is 5.58. The Balaban J connectivity index is 1.75. The number of nitrogens with zero attached hydrogens (tertiary/aromatic N) is 1. The summed E-state index contributed by atoms with van der Waals surface area (Å²) in [5.74, 6) is -4.13. The summed E-state index contributed by atoms with van der Waals surface area (Å²) in [5.41, 5.74) is 0.512. The van der Waals surface area contributed by atoms with Gasteiger partial charge in [-0.25, -0.2) is 4.90 Å². The van der Waals surface area contributed by atoms with Crippen molar-refractivity contribution in [2.24, 2.45) is 11.8 Å². The van der Waals surface area contributed by atoms with E-state index in [0.717, 1.165) is 4.90 Å². The highest BCUT2D eigenvalue weighted by Gasteiger charge is 2.70. The minimum Gasteiger partial charge on any atom is -0.367 e. The molecule has 4 unspecified atom stereocenters. The zero-order chi connectivity index (χ0) is 14.1. The van der Waals surface area contributed by atoms with Gasteiger partial charge in [-0.2, -0.15) is 0 Å². The lowest BCUT2D eigenvalue weighted by molar-refractivity contribution is -0.204. The summed E-state index contributed by atoms with van der Waals surface area (Å²) in [4.78, 5) is 26.1. The number of hydrogen-bond donors (Lipinski definition) is 2. The number of carbonyl (C=O) groups excluding carboxylic acids is 2. The van der Waals surface area contributed by atoms with Crippen LogP contribution in [0.3, 0.4) is 0 Å². The molecule has 4 rings (SSSR count). The largest absolute Gasteiger partial charge is 0.367 e. The zero-order valence-corrected chi connectivity index (χ0v) is 10.5. The fraction of sp³-hybridized carbons (Fsp3) is 0.429. The van der Waals surface area contributed by atoms with E-state index in [2.05, 4.69) is 0 Å². The van der Waals surface area contributed by atoms with Gasteiger partial charge >= 0.3 is 0 Å². The maximum Gasteiger partial charge on any atom is 0.240 e. The minimum atomic E-state index is -2.02. The van der Waals surface area contributed by atoms with E-state index in [0.29, 0.717) is 5.69 Å². The molecule has 6 nitrogen and oxygen atoms in total. The quantitative estimate of drug-likeness (QED) is 0.540. The zero-order valence-electron chi connectivity index (χ0n) is 10.5. The molecule has 6 heteroatoms. The number of anilines is 1. The summed E-state index contributed by atoms with van der Waals surface area (Å²) < 4.78 is 5.41. The Hall–Kier alpha value is -1.76. The van der Waals surface area contributed by atoms with E-state index in [1.807, 2.05) is 0 Å². The fourth-order valence-electron chi connectivity index (χ4n) is 3.60. The van der Waals surface area contributed by atoms with Crippen molar-refractivity contribution in [3.8, 4) is 0 Å². The summed E-state index contributed by atoms with van der Waals surface area (Å²) in [7, 11) is 0. The van der Waals surface area contributed by atoms with Crippen LogP contribution in [0.15, 0.2) is 30.3 Å². The lowest BCUT2D eigenvalue weighted by Crippen LogP contribution is -2.48. The third-order valence-corrected chi connectivity index (χ3v) is 4.42. The molecule has 1 aromatic rings. The first-order valence-electron chi connectivity index (χ1n) is 6.54. The van der Waals surface area contributed by atoms with Gasteiger partial charge in [-0.1, -0.05) is 18.2 Å². The molecule has 3 aliphatic heterocycles. The smallest absolute Gasteiger partial charge is 0.240 e. The average molecular weight is 275 g/mol. The lowest BCUT2D eigenvalue weighted by Gasteiger charge is -2.28. The van der Waals surface area contributed by atoms with Crippen LogP contribution in [0.25, 0.3) is 0 Å². The van der Waals surface area contributed by atoms with Gasteiger partial charge in [-0.3, -0.25) is 9.59 Å². The number of imide groups is 1. The second kappa shape index (κ2) is 3.66. The lowest BCUT2D eigenvalue weighted by atomic mass is 9.78. The van der Waals surface area contributed by atoms with Crippen molar-refractivity contribution in [2.45, 2.75) is 24.4 Å². The molecule has 3 aliphatic rings. The highest BCUT2D eigenvalue weighted by Crippen LogP contribution is 2.52. The number of rotatable bonds is 1. The van der Waals surface area contributed by atoms with Gasteiger partial charge < -0.3 is 14.9 Å². The second-order valence-corrected chi connectivity index (χ2v) is 5.58. The third kappa shape index (κ3) is 1.33. The topological polar surface area (TPSA) is 87.1 Å². The maximum absolute atomic E-state index is 12.5. The molecule has 0 saturated carbocycles. The van der Waals surface area contributed by atoms with E-state index in [-0.39, 0.29) is 12.3 Å². The number of hydrogen-bond acceptors (Lipinski definition) is 5.